The molecule has 3 rings (SSSR count). The van der Waals surface area contributed by atoms with Gasteiger partial charge in [-0.05, 0) is 74.9 Å². The van der Waals surface area contributed by atoms with E-state index in [1.165, 1.54) is 11.1 Å². The maximum absolute atomic E-state index is 12.4. The largest absolute Gasteiger partial charge is 0.385 e. The number of nitrogens with zero attached hydrogens (tertiary/aromatic N) is 2. The van der Waals surface area contributed by atoms with Crippen molar-refractivity contribution in [2.24, 2.45) is 5.41 Å². The number of amides is 2. The lowest BCUT2D eigenvalue weighted by Crippen LogP contribution is -2.44. The van der Waals surface area contributed by atoms with Gasteiger partial charge in [0.25, 0.3) is 0 Å². The monoisotopic (exact) mass is 387 g/mol. The molecule has 0 atom stereocenters. The Morgan fingerprint density at radius 1 is 1.21 bits per heavy atom. The molecule has 2 saturated heterocycles. The van der Waals surface area contributed by atoms with Crippen molar-refractivity contribution >= 4 is 17.5 Å². The van der Waals surface area contributed by atoms with Crippen LogP contribution in [0.5, 0.6) is 0 Å². The minimum Gasteiger partial charge on any atom is -0.385 e. The fraction of sp³-hybridized carbons (Fsp3) is 0.636. The Hall–Kier alpha value is -1.92. The number of carbonyl (C=O) groups is 2. The van der Waals surface area contributed by atoms with Gasteiger partial charge >= 0.3 is 0 Å². The number of carbonyl (C=O) groups excluding carboxylic acids is 2. The van der Waals surface area contributed by atoms with Crippen molar-refractivity contribution in [1.29, 1.82) is 0 Å². The first kappa shape index (κ1) is 20.8. The molecule has 2 amide bonds. The van der Waals surface area contributed by atoms with Crippen LogP contribution in [-0.4, -0.2) is 68.1 Å². The molecule has 0 radical (unpaired) electrons. The molecule has 0 unspecified atom stereocenters. The number of rotatable bonds is 7. The lowest BCUT2D eigenvalue weighted by molar-refractivity contribution is -0.128. The summed E-state index contributed by atoms with van der Waals surface area (Å²) in [5, 5.41) is 3.01. The molecule has 0 saturated carbocycles. The van der Waals surface area contributed by atoms with Gasteiger partial charge in [-0.25, -0.2) is 0 Å². The van der Waals surface area contributed by atoms with E-state index in [1.54, 1.807) is 7.11 Å². The van der Waals surface area contributed by atoms with Gasteiger partial charge in [0, 0.05) is 38.9 Å². The van der Waals surface area contributed by atoms with Crippen LogP contribution in [0.4, 0.5) is 5.69 Å². The van der Waals surface area contributed by atoms with E-state index in [9.17, 15) is 9.59 Å². The first-order valence-electron chi connectivity index (χ1n) is 10.3. The van der Waals surface area contributed by atoms with E-state index < -0.39 is 0 Å². The van der Waals surface area contributed by atoms with Gasteiger partial charge < -0.3 is 15.0 Å². The summed E-state index contributed by atoms with van der Waals surface area (Å²) in [6, 6.07) is 6.00. The number of piperidine rings is 1. The summed E-state index contributed by atoms with van der Waals surface area (Å²) in [4.78, 5) is 29.0. The molecule has 2 fully saturated rings. The van der Waals surface area contributed by atoms with Crippen molar-refractivity contribution < 1.29 is 14.3 Å². The molecule has 1 spiro atoms. The van der Waals surface area contributed by atoms with Gasteiger partial charge in [0.15, 0.2) is 0 Å². The first-order valence-corrected chi connectivity index (χ1v) is 10.3. The second kappa shape index (κ2) is 9.05. The van der Waals surface area contributed by atoms with Crippen molar-refractivity contribution in [1.82, 2.24) is 9.80 Å². The molecule has 6 heteroatoms. The van der Waals surface area contributed by atoms with Crippen molar-refractivity contribution in [2.45, 2.75) is 39.5 Å². The smallest absolute Gasteiger partial charge is 0.238 e. The summed E-state index contributed by atoms with van der Waals surface area (Å²) in [7, 11) is 1.69. The number of methoxy groups -OCH3 is 1. The van der Waals surface area contributed by atoms with Gasteiger partial charge in [-0.15, -0.1) is 0 Å². The summed E-state index contributed by atoms with van der Waals surface area (Å²) in [5.41, 5.74) is 3.36. The summed E-state index contributed by atoms with van der Waals surface area (Å²) >= 11 is 0. The van der Waals surface area contributed by atoms with Gasteiger partial charge in [-0.1, -0.05) is 6.07 Å². The molecule has 28 heavy (non-hydrogen) atoms. The Kier molecular flexibility index (Phi) is 6.73. The Morgan fingerprint density at radius 2 is 1.96 bits per heavy atom. The Morgan fingerprint density at radius 3 is 2.64 bits per heavy atom. The number of likely N-dealkylation sites (tertiary alicyclic amines) is 2. The average molecular weight is 388 g/mol. The number of ether oxygens (including phenoxy) is 1. The predicted octanol–water partition coefficient (Wildman–Crippen LogP) is 2.59. The lowest BCUT2D eigenvalue weighted by atomic mass is 9.77. The van der Waals surface area contributed by atoms with Crippen molar-refractivity contribution in [2.75, 3.05) is 51.8 Å². The topological polar surface area (TPSA) is 61.9 Å². The molecule has 1 aromatic rings. The maximum atomic E-state index is 12.4. The van der Waals surface area contributed by atoms with E-state index in [2.05, 4.69) is 24.1 Å². The van der Waals surface area contributed by atoms with Gasteiger partial charge in [0.05, 0.1) is 6.54 Å². The molecule has 0 bridgehead atoms. The van der Waals surface area contributed by atoms with Crippen molar-refractivity contribution in [3.63, 3.8) is 0 Å². The molecule has 1 N–H and O–H groups in total. The molecule has 2 aliphatic rings. The third kappa shape index (κ3) is 5.11. The minimum atomic E-state index is 0.0305. The molecule has 2 aliphatic heterocycles. The lowest BCUT2D eigenvalue weighted by Gasteiger charge is -2.38. The fourth-order valence-corrected chi connectivity index (χ4v) is 4.33. The molecule has 154 valence electrons. The Bertz CT molecular complexity index is 711. The maximum Gasteiger partial charge on any atom is 0.238 e. The van der Waals surface area contributed by atoms with Crippen molar-refractivity contribution in [3.05, 3.63) is 29.3 Å². The van der Waals surface area contributed by atoms with Crippen LogP contribution in [0.3, 0.4) is 0 Å². The molecule has 0 aromatic heterocycles. The van der Waals surface area contributed by atoms with E-state index in [0.29, 0.717) is 19.6 Å². The molecule has 2 heterocycles. The normalized spacial score (nSPS) is 19.4. The Labute approximate surface area is 168 Å². The molecular weight excluding hydrogens is 354 g/mol. The van der Waals surface area contributed by atoms with Gasteiger partial charge in [0.2, 0.25) is 11.8 Å². The van der Waals surface area contributed by atoms with Gasteiger partial charge in [0.1, 0.15) is 0 Å². The van der Waals surface area contributed by atoms with E-state index in [1.807, 2.05) is 23.1 Å². The van der Waals surface area contributed by atoms with Crippen molar-refractivity contribution in [3.8, 4) is 0 Å². The van der Waals surface area contributed by atoms with Gasteiger partial charge in [-0.2, -0.15) is 0 Å². The highest BCUT2D eigenvalue weighted by Crippen LogP contribution is 2.40. The second-order valence-electron chi connectivity index (χ2n) is 8.46. The van der Waals surface area contributed by atoms with Crippen LogP contribution in [0.1, 0.15) is 36.8 Å². The summed E-state index contributed by atoms with van der Waals surface area (Å²) in [5.74, 6) is 0.305. The SMILES string of the molecule is COCCCN1CC2(CCN(CC(=O)Nc3ccc(C)c(C)c3)CC2)CC1=O. The standard InChI is InChI=1S/C22H33N3O3/c1-17-5-6-19(13-18(17)2)23-20(26)15-24-10-7-22(8-11-24)14-21(27)25(16-22)9-4-12-28-3/h5-6,13H,4,7-12,14-16H2,1-3H3,(H,23,26). The zero-order valence-electron chi connectivity index (χ0n) is 17.4. The first-order chi connectivity index (χ1) is 13.4. The summed E-state index contributed by atoms with van der Waals surface area (Å²) in [6.45, 7) is 8.62. The molecule has 0 aliphatic carbocycles. The third-order valence-corrected chi connectivity index (χ3v) is 6.26. The molecule has 1 aromatic carbocycles. The highest BCUT2D eigenvalue weighted by atomic mass is 16.5. The molecule has 6 nitrogen and oxygen atoms in total. The average Bonchev–Trinajstić information content (AvgIpc) is 2.96. The fourth-order valence-electron chi connectivity index (χ4n) is 4.33. The number of hydrogen-bond donors (Lipinski definition) is 1. The minimum absolute atomic E-state index is 0.0305. The van der Waals surface area contributed by atoms with Crippen LogP contribution >= 0.6 is 0 Å². The van der Waals surface area contributed by atoms with E-state index in [4.69, 9.17) is 4.74 Å². The third-order valence-electron chi connectivity index (χ3n) is 6.26. The summed E-state index contributed by atoms with van der Waals surface area (Å²) in [6.07, 6.45) is 3.51. The zero-order chi connectivity index (χ0) is 20.1. The van der Waals surface area contributed by atoms with Crippen LogP contribution in [0.2, 0.25) is 0 Å². The zero-order valence-corrected chi connectivity index (χ0v) is 17.4. The number of benzene rings is 1. The quantitative estimate of drug-likeness (QED) is 0.731. The predicted molar refractivity (Wildman–Crippen MR) is 110 cm³/mol. The number of hydrogen-bond acceptors (Lipinski definition) is 4. The number of aryl methyl sites for hydroxylation is 2. The van der Waals surface area contributed by atoms with Crippen LogP contribution in [0, 0.1) is 19.3 Å². The van der Waals surface area contributed by atoms with E-state index in [0.717, 1.165) is 51.1 Å². The van der Waals surface area contributed by atoms with Crippen LogP contribution < -0.4 is 5.32 Å². The summed E-state index contributed by atoms with van der Waals surface area (Å²) < 4.78 is 5.10. The molecular formula is C22H33N3O3. The highest BCUT2D eigenvalue weighted by molar-refractivity contribution is 5.92. The van der Waals surface area contributed by atoms with E-state index >= 15 is 0 Å². The second-order valence-corrected chi connectivity index (χ2v) is 8.46. The van der Waals surface area contributed by atoms with Crippen LogP contribution in [0.25, 0.3) is 0 Å². The Balaban J connectivity index is 1.45. The number of nitrogens with one attached hydrogen (secondary N) is 1. The number of anilines is 1. The van der Waals surface area contributed by atoms with Gasteiger partial charge in [-0.3, -0.25) is 14.5 Å². The van der Waals surface area contributed by atoms with E-state index in [-0.39, 0.29) is 17.2 Å². The highest BCUT2D eigenvalue weighted by Gasteiger charge is 2.44. The van der Waals surface area contributed by atoms with Crippen LogP contribution in [-0.2, 0) is 14.3 Å². The van der Waals surface area contributed by atoms with Crippen LogP contribution in [0.15, 0.2) is 18.2 Å².